The summed E-state index contributed by atoms with van der Waals surface area (Å²) in [5.41, 5.74) is 1.89. The number of esters is 1. The summed E-state index contributed by atoms with van der Waals surface area (Å²) >= 11 is 1.30. The first kappa shape index (κ1) is 20.3. The highest BCUT2D eigenvalue weighted by atomic mass is 32.1. The molecule has 2 N–H and O–H groups in total. The van der Waals surface area contributed by atoms with Gasteiger partial charge in [-0.2, -0.15) is 0 Å². The van der Waals surface area contributed by atoms with E-state index in [1.165, 1.54) is 18.4 Å². The van der Waals surface area contributed by atoms with Gasteiger partial charge in [0.2, 0.25) is 5.91 Å². The monoisotopic (exact) mass is 425 g/mol. The van der Waals surface area contributed by atoms with Crippen LogP contribution in [0.15, 0.2) is 42.5 Å². The van der Waals surface area contributed by atoms with E-state index >= 15 is 0 Å². The van der Waals surface area contributed by atoms with Gasteiger partial charge in [0.25, 0.3) is 0 Å². The average Bonchev–Trinajstić information content (AvgIpc) is 3.09. The lowest BCUT2D eigenvalue weighted by molar-refractivity contribution is -0.151. The van der Waals surface area contributed by atoms with Gasteiger partial charge in [0.05, 0.1) is 18.9 Å². The summed E-state index contributed by atoms with van der Waals surface area (Å²) in [7, 11) is 1.31. The lowest BCUT2D eigenvalue weighted by Gasteiger charge is -2.41. The molecule has 30 heavy (non-hydrogen) atoms. The number of carbonyl (C=O) groups excluding carboxylic acids is 2. The van der Waals surface area contributed by atoms with Crippen LogP contribution in [0.25, 0.3) is 11.1 Å². The number of anilines is 1. The number of fused-ring (bicyclic) bond motifs is 2. The molecule has 1 aromatic carbocycles. The number of rotatable bonds is 5. The maximum Gasteiger partial charge on any atom is 0.341 e. The highest BCUT2D eigenvalue weighted by Gasteiger charge is 2.48. The van der Waals surface area contributed by atoms with E-state index in [1.54, 1.807) is 0 Å². The molecule has 1 aromatic heterocycles. The Hall–Kier alpha value is -2.93. The van der Waals surface area contributed by atoms with Crippen LogP contribution < -0.4 is 5.32 Å². The fourth-order valence-corrected chi connectivity index (χ4v) is 5.83. The van der Waals surface area contributed by atoms with Crippen molar-refractivity contribution >= 4 is 34.2 Å². The van der Waals surface area contributed by atoms with E-state index in [1.807, 2.05) is 49.4 Å². The van der Waals surface area contributed by atoms with Gasteiger partial charge in [0.15, 0.2) is 0 Å². The Morgan fingerprint density at radius 3 is 2.27 bits per heavy atom. The van der Waals surface area contributed by atoms with Crippen LogP contribution in [-0.4, -0.2) is 30.1 Å². The summed E-state index contributed by atoms with van der Waals surface area (Å²) in [5, 5.41) is 13.0. The van der Waals surface area contributed by atoms with Gasteiger partial charge in [0.1, 0.15) is 10.6 Å². The summed E-state index contributed by atoms with van der Waals surface area (Å²) < 4.78 is 5.00. The fraction of sp³-hybridized carbons (Fsp3) is 0.348. The van der Waals surface area contributed by atoms with Crippen molar-refractivity contribution in [3.63, 3.8) is 0 Å². The first-order valence-electron chi connectivity index (χ1n) is 9.91. The Morgan fingerprint density at radius 2 is 1.70 bits per heavy atom. The second kappa shape index (κ2) is 8.07. The number of hydrogen-bond acceptors (Lipinski definition) is 5. The van der Waals surface area contributed by atoms with E-state index in [9.17, 15) is 19.5 Å². The maximum absolute atomic E-state index is 13.2. The van der Waals surface area contributed by atoms with Gasteiger partial charge in [-0.3, -0.25) is 9.59 Å². The largest absolute Gasteiger partial charge is 0.481 e. The Morgan fingerprint density at radius 1 is 1.07 bits per heavy atom. The molecule has 1 amide bonds. The summed E-state index contributed by atoms with van der Waals surface area (Å²) in [4.78, 5) is 38.6. The van der Waals surface area contributed by atoms with Gasteiger partial charge in [-0.15, -0.1) is 11.3 Å². The van der Waals surface area contributed by atoms with Crippen LogP contribution >= 0.6 is 11.3 Å². The normalized spacial score (nSPS) is 24.5. The number of thiophene rings is 1. The molecule has 2 aromatic rings. The van der Waals surface area contributed by atoms with Crippen molar-refractivity contribution in [3.05, 3.63) is 52.9 Å². The number of ether oxygens (including phenoxy) is 1. The number of aliphatic carboxylic acids is 1. The fourth-order valence-electron chi connectivity index (χ4n) is 4.77. The van der Waals surface area contributed by atoms with Gasteiger partial charge in [0, 0.05) is 10.4 Å². The number of carboxylic acid groups (broad SMARTS) is 1. The van der Waals surface area contributed by atoms with Crippen LogP contribution in [0.3, 0.4) is 0 Å². The molecule has 0 aliphatic heterocycles. The zero-order valence-electron chi connectivity index (χ0n) is 16.8. The SMILES string of the molecule is COC(=O)c1c(NC(=O)[C@H]2[C@@H](C(=O)O)[C@H]3C=C[C@H]2CC3)sc(C)c1-c1ccccc1. The third kappa shape index (κ3) is 3.43. The quantitative estimate of drug-likeness (QED) is 0.548. The lowest BCUT2D eigenvalue weighted by atomic mass is 9.62. The molecule has 6 nitrogen and oxygen atoms in total. The molecule has 2 bridgehead atoms. The molecule has 1 saturated carbocycles. The Labute approximate surface area is 178 Å². The minimum absolute atomic E-state index is 0.104. The molecule has 0 saturated heterocycles. The van der Waals surface area contributed by atoms with Gasteiger partial charge < -0.3 is 15.2 Å². The van der Waals surface area contributed by atoms with Crippen molar-refractivity contribution in [1.29, 1.82) is 0 Å². The standard InChI is InChI=1S/C23H23NO5S/c1-12-16(13-6-4-3-5-7-13)19(23(28)29-2)21(30-12)24-20(25)17-14-8-10-15(11-9-14)18(17)22(26)27/h3-8,10,14-15,17-18H,9,11H2,1-2H3,(H,24,25)(H,26,27)/t14-,15-,17+,18-/m0/s1. The molecule has 7 heteroatoms. The summed E-state index contributed by atoms with van der Waals surface area (Å²) in [6.07, 6.45) is 5.48. The molecular weight excluding hydrogens is 402 g/mol. The Balaban J connectivity index is 1.71. The van der Waals surface area contributed by atoms with Crippen molar-refractivity contribution in [1.82, 2.24) is 0 Å². The number of aryl methyl sites for hydroxylation is 1. The van der Waals surface area contributed by atoms with E-state index in [4.69, 9.17) is 4.74 Å². The molecular formula is C23H23NO5S. The Bertz CT molecular complexity index is 1030. The minimum atomic E-state index is -0.949. The van der Waals surface area contributed by atoms with E-state index in [0.717, 1.165) is 28.8 Å². The number of nitrogens with one attached hydrogen (secondary N) is 1. The average molecular weight is 426 g/mol. The maximum atomic E-state index is 13.2. The molecule has 1 heterocycles. The van der Waals surface area contributed by atoms with Gasteiger partial charge in [-0.1, -0.05) is 42.5 Å². The van der Waals surface area contributed by atoms with Gasteiger partial charge in [-0.25, -0.2) is 4.79 Å². The number of carboxylic acids is 1. The van der Waals surface area contributed by atoms with Gasteiger partial charge >= 0.3 is 11.9 Å². The topological polar surface area (TPSA) is 92.7 Å². The number of amides is 1. The summed E-state index contributed by atoms with van der Waals surface area (Å²) in [6, 6.07) is 9.46. The molecule has 4 atom stereocenters. The molecule has 0 unspecified atom stereocenters. The minimum Gasteiger partial charge on any atom is -0.481 e. The molecule has 5 rings (SSSR count). The number of carbonyl (C=O) groups is 3. The predicted molar refractivity (Wildman–Crippen MR) is 114 cm³/mol. The zero-order chi connectivity index (χ0) is 21.4. The number of benzene rings is 1. The van der Waals surface area contributed by atoms with Crippen LogP contribution in [-0.2, 0) is 14.3 Å². The number of methoxy groups -OCH3 is 1. The van der Waals surface area contributed by atoms with Gasteiger partial charge in [-0.05, 0) is 37.2 Å². The second-order valence-corrected chi connectivity index (χ2v) is 8.99. The predicted octanol–water partition coefficient (Wildman–Crippen LogP) is 4.36. The third-order valence-corrected chi connectivity index (χ3v) is 7.13. The first-order chi connectivity index (χ1) is 14.4. The van der Waals surface area contributed by atoms with Crippen molar-refractivity contribution in [2.45, 2.75) is 19.8 Å². The van der Waals surface area contributed by atoms with E-state index in [0.29, 0.717) is 10.6 Å². The Kier molecular flexibility index (Phi) is 5.47. The van der Waals surface area contributed by atoms with E-state index < -0.39 is 23.8 Å². The molecule has 0 radical (unpaired) electrons. The molecule has 1 fully saturated rings. The molecule has 3 aliphatic carbocycles. The van der Waals surface area contributed by atoms with E-state index in [2.05, 4.69) is 5.32 Å². The zero-order valence-corrected chi connectivity index (χ0v) is 17.6. The third-order valence-electron chi connectivity index (χ3n) is 6.11. The van der Waals surface area contributed by atoms with Crippen LogP contribution in [0.2, 0.25) is 0 Å². The van der Waals surface area contributed by atoms with Crippen LogP contribution in [0.5, 0.6) is 0 Å². The van der Waals surface area contributed by atoms with Crippen molar-refractivity contribution in [2.75, 3.05) is 12.4 Å². The van der Waals surface area contributed by atoms with Crippen molar-refractivity contribution in [2.24, 2.45) is 23.7 Å². The molecule has 156 valence electrons. The van der Waals surface area contributed by atoms with Crippen molar-refractivity contribution < 1.29 is 24.2 Å². The molecule has 0 spiro atoms. The summed E-state index contributed by atoms with van der Waals surface area (Å²) in [5.74, 6) is -3.47. The van der Waals surface area contributed by atoms with E-state index in [-0.39, 0.29) is 17.7 Å². The number of hydrogen-bond donors (Lipinski definition) is 2. The number of allylic oxidation sites excluding steroid dienone is 2. The highest BCUT2D eigenvalue weighted by Crippen LogP contribution is 2.46. The van der Waals surface area contributed by atoms with Crippen LogP contribution in [0, 0.1) is 30.6 Å². The van der Waals surface area contributed by atoms with Crippen LogP contribution in [0.4, 0.5) is 5.00 Å². The second-order valence-electron chi connectivity index (χ2n) is 7.76. The van der Waals surface area contributed by atoms with Crippen LogP contribution in [0.1, 0.15) is 28.1 Å². The lowest BCUT2D eigenvalue weighted by Crippen LogP contribution is -2.47. The highest BCUT2D eigenvalue weighted by molar-refractivity contribution is 7.17. The first-order valence-corrected chi connectivity index (χ1v) is 10.7. The van der Waals surface area contributed by atoms with Crippen molar-refractivity contribution in [3.8, 4) is 11.1 Å². The summed E-state index contributed by atoms with van der Waals surface area (Å²) in [6.45, 7) is 1.89. The molecule has 3 aliphatic rings. The smallest absolute Gasteiger partial charge is 0.341 e.